The standard InChI is InChI=1S/C37H48FN9O2/c1-24-18-30(33(38)34(40-24)25-20-39-44(3)21-25)35(49)42-36-41-31-9-6-28(19-32(31)47(36)27-4-7-29(48)8-5-27)45-14-10-26(11-15-45)46-22-37(23-46)12-16-43(2)17-13-37/h6,9,18-21,26-27,29,48H,4-5,7-8,10-17,22-23H2,1-3H3,(H,41,42,49). The molecule has 12 heteroatoms. The molecule has 11 nitrogen and oxygen atoms in total. The molecule has 6 heterocycles. The van der Waals surface area contributed by atoms with Crippen molar-refractivity contribution >= 4 is 28.6 Å². The monoisotopic (exact) mass is 669 g/mol. The van der Waals surface area contributed by atoms with Gasteiger partial charge in [0.25, 0.3) is 5.91 Å². The number of benzene rings is 1. The van der Waals surface area contributed by atoms with E-state index in [-0.39, 0.29) is 23.4 Å². The average Bonchev–Trinajstić information content (AvgIpc) is 3.68. The minimum absolute atomic E-state index is 0.0537. The fourth-order valence-corrected chi connectivity index (χ4v) is 8.75. The molecule has 0 unspecified atom stereocenters. The molecule has 1 aromatic carbocycles. The number of hydrogen-bond acceptors (Lipinski definition) is 8. The predicted molar refractivity (Wildman–Crippen MR) is 188 cm³/mol. The van der Waals surface area contributed by atoms with Gasteiger partial charge in [-0.15, -0.1) is 0 Å². The molecule has 3 saturated heterocycles. The highest BCUT2D eigenvalue weighted by Gasteiger charge is 2.46. The Kier molecular flexibility index (Phi) is 8.44. The van der Waals surface area contributed by atoms with E-state index in [4.69, 9.17) is 4.98 Å². The maximum absolute atomic E-state index is 15.8. The van der Waals surface area contributed by atoms with Crippen LogP contribution >= 0.6 is 0 Å². The molecule has 1 spiro atoms. The highest BCUT2D eigenvalue weighted by Crippen LogP contribution is 2.43. The number of rotatable bonds is 6. The Hall–Kier alpha value is -3.87. The highest BCUT2D eigenvalue weighted by atomic mass is 19.1. The lowest BCUT2D eigenvalue weighted by Crippen LogP contribution is -2.63. The molecular formula is C37H48FN9O2. The number of amides is 1. The number of pyridine rings is 1. The van der Waals surface area contributed by atoms with Crippen molar-refractivity contribution in [3.63, 3.8) is 0 Å². The number of anilines is 2. The lowest BCUT2D eigenvalue weighted by atomic mass is 9.71. The average molecular weight is 670 g/mol. The van der Waals surface area contributed by atoms with E-state index in [1.807, 2.05) is 6.07 Å². The molecule has 260 valence electrons. The Balaban J connectivity index is 1.03. The summed E-state index contributed by atoms with van der Waals surface area (Å²) >= 11 is 0. The summed E-state index contributed by atoms with van der Waals surface area (Å²) in [5.41, 5.74) is 4.50. The first-order valence-corrected chi connectivity index (χ1v) is 18.0. The number of carbonyl (C=O) groups excluding carboxylic acids is 1. The van der Waals surface area contributed by atoms with Gasteiger partial charge < -0.3 is 19.5 Å². The van der Waals surface area contributed by atoms with Gasteiger partial charge in [0.15, 0.2) is 5.82 Å². The number of aryl methyl sites for hydroxylation is 2. The molecule has 8 rings (SSSR count). The van der Waals surface area contributed by atoms with E-state index < -0.39 is 11.7 Å². The molecule has 0 bridgehead atoms. The van der Waals surface area contributed by atoms with Gasteiger partial charge in [0.05, 0.1) is 28.9 Å². The number of likely N-dealkylation sites (tertiary alicyclic amines) is 2. The van der Waals surface area contributed by atoms with E-state index in [1.54, 1.807) is 31.0 Å². The van der Waals surface area contributed by atoms with E-state index in [9.17, 15) is 9.90 Å². The van der Waals surface area contributed by atoms with Crippen molar-refractivity contribution in [1.82, 2.24) is 34.1 Å². The summed E-state index contributed by atoms with van der Waals surface area (Å²) in [6.07, 6.45) is 10.8. The second-order valence-electron chi connectivity index (χ2n) is 15.2. The number of hydrogen-bond donors (Lipinski definition) is 2. The minimum atomic E-state index is -0.690. The van der Waals surface area contributed by atoms with Gasteiger partial charge in [-0.25, -0.2) is 14.4 Å². The van der Waals surface area contributed by atoms with Crippen LogP contribution in [0.1, 0.15) is 73.5 Å². The minimum Gasteiger partial charge on any atom is -0.393 e. The van der Waals surface area contributed by atoms with Crippen molar-refractivity contribution in [3.8, 4) is 11.3 Å². The number of nitrogens with one attached hydrogen (secondary N) is 1. The van der Waals surface area contributed by atoms with E-state index in [0.717, 1.165) is 55.5 Å². The third-order valence-corrected chi connectivity index (χ3v) is 11.7. The van der Waals surface area contributed by atoms with Crippen LogP contribution in [-0.4, -0.2) is 104 Å². The molecule has 0 radical (unpaired) electrons. The van der Waals surface area contributed by atoms with Crippen molar-refractivity contribution in [2.45, 2.75) is 76.5 Å². The summed E-state index contributed by atoms with van der Waals surface area (Å²) in [5.74, 6) is -0.865. The Morgan fingerprint density at radius 2 is 1.69 bits per heavy atom. The van der Waals surface area contributed by atoms with Crippen LogP contribution in [0.4, 0.5) is 16.0 Å². The summed E-state index contributed by atoms with van der Waals surface area (Å²) in [5, 5.41) is 17.4. The first kappa shape index (κ1) is 32.3. The Morgan fingerprint density at radius 3 is 2.39 bits per heavy atom. The highest BCUT2D eigenvalue weighted by molar-refractivity contribution is 6.05. The molecule has 2 N–H and O–H groups in total. The Bertz CT molecular complexity index is 1840. The summed E-state index contributed by atoms with van der Waals surface area (Å²) in [4.78, 5) is 30.7. The van der Waals surface area contributed by atoms with Crippen LogP contribution in [0, 0.1) is 18.2 Å². The molecule has 4 aliphatic rings. The Labute approximate surface area is 287 Å². The number of nitrogens with zero attached hydrogens (tertiary/aromatic N) is 8. The fraction of sp³-hybridized carbons (Fsp3) is 0.568. The van der Waals surface area contributed by atoms with Gasteiger partial charge in [0.2, 0.25) is 5.95 Å². The SMILES string of the molecule is Cc1cc(C(=O)Nc2nc3ccc(N4CCC(N5CC6(CCN(C)CC6)C5)CC4)cc3n2C2CCC(O)CC2)c(F)c(-c2cnn(C)c2)n1. The van der Waals surface area contributed by atoms with E-state index >= 15 is 4.39 Å². The normalized spacial score (nSPS) is 23.7. The van der Waals surface area contributed by atoms with Crippen molar-refractivity contribution in [1.29, 1.82) is 0 Å². The third-order valence-electron chi connectivity index (χ3n) is 11.7. The van der Waals surface area contributed by atoms with Crippen LogP contribution in [-0.2, 0) is 7.05 Å². The van der Waals surface area contributed by atoms with Crippen molar-refractivity contribution in [2.75, 3.05) is 56.5 Å². The van der Waals surface area contributed by atoms with Gasteiger partial charge >= 0.3 is 0 Å². The van der Waals surface area contributed by atoms with Gasteiger partial charge in [-0.05, 0) is 108 Å². The molecular weight excluding hydrogens is 621 g/mol. The van der Waals surface area contributed by atoms with E-state index in [2.05, 4.69) is 53.8 Å². The molecule has 1 aliphatic carbocycles. The van der Waals surface area contributed by atoms with Crippen molar-refractivity contribution in [3.05, 3.63) is 53.7 Å². The quantitative estimate of drug-likeness (QED) is 0.296. The molecule has 4 fully saturated rings. The van der Waals surface area contributed by atoms with Gasteiger partial charge in [0, 0.05) is 68.5 Å². The van der Waals surface area contributed by atoms with Crippen LogP contribution in [0.3, 0.4) is 0 Å². The predicted octanol–water partition coefficient (Wildman–Crippen LogP) is 5.00. The van der Waals surface area contributed by atoms with Crippen LogP contribution in [0.5, 0.6) is 0 Å². The largest absolute Gasteiger partial charge is 0.393 e. The second kappa shape index (κ2) is 12.8. The first-order valence-electron chi connectivity index (χ1n) is 18.0. The van der Waals surface area contributed by atoms with Crippen LogP contribution < -0.4 is 10.2 Å². The fourth-order valence-electron chi connectivity index (χ4n) is 8.75. The number of aliphatic hydroxyl groups excluding tert-OH is 1. The number of aliphatic hydroxyl groups is 1. The third kappa shape index (κ3) is 6.23. The first-order chi connectivity index (χ1) is 23.6. The summed E-state index contributed by atoms with van der Waals surface area (Å²) in [6.45, 7) is 8.74. The van der Waals surface area contributed by atoms with Gasteiger partial charge in [-0.1, -0.05) is 0 Å². The van der Waals surface area contributed by atoms with Gasteiger partial charge in [-0.3, -0.25) is 19.7 Å². The molecule has 1 saturated carbocycles. The van der Waals surface area contributed by atoms with E-state index in [1.165, 1.54) is 45.1 Å². The summed E-state index contributed by atoms with van der Waals surface area (Å²) in [7, 11) is 4.00. The number of halogens is 1. The lowest BCUT2D eigenvalue weighted by molar-refractivity contribution is -0.0704. The van der Waals surface area contributed by atoms with E-state index in [0.29, 0.717) is 41.5 Å². The van der Waals surface area contributed by atoms with Crippen molar-refractivity contribution < 1.29 is 14.3 Å². The number of aromatic nitrogens is 5. The maximum atomic E-state index is 15.8. The number of piperidine rings is 2. The maximum Gasteiger partial charge on any atom is 0.261 e. The molecule has 1 amide bonds. The lowest BCUT2D eigenvalue weighted by Gasteiger charge is -2.57. The van der Waals surface area contributed by atoms with Crippen LogP contribution in [0.2, 0.25) is 0 Å². The Morgan fingerprint density at radius 1 is 0.959 bits per heavy atom. The topological polar surface area (TPSA) is 108 Å². The number of carbonyl (C=O) groups is 1. The van der Waals surface area contributed by atoms with Gasteiger partial charge in [-0.2, -0.15) is 5.10 Å². The zero-order chi connectivity index (χ0) is 33.9. The zero-order valence-corrected chi connectivity index (χ0v) is 28.9. The van der Waals surface area contributed by atoms with Crippen LogP contribution in [0.25, 0.3) is 22.3 Å². The summed E-state index contributed by atoms with van der Waals surface area (Å²) in [6, 6.07) is 8.57. The van der Waals surface area contributed by atoms with Crippen LogP contribution in [0.15, 0.2) is 36.7 Å². The molecule has 4 aromatic rings. The number of fused-ring (bicyclic) bond motifs is 1. The smallest absolute Gasteiger partial charge is 0.261 e. The molecule has 49 heavy (non-hydrogen) atoms. The summed E-state index contributed by atoms with van der Waals surface area (Å²) < 4.78 is 19.5. The second-order valence-corrected chi connectivity index (χ2v) is 15.2. The number of imidazole rings is 1. The molecule has 3 aromatic heterocycles. The molecule has 0 atom stereocenters. The zero-order valence-electron chi connectivity index (χ0n) is 28.9. The van der Waals surface area contributed by atoms with Gasteiger partial charge in [0.1, 0.15) is 5.69 Å². The molecule has 3 aliphatic heterocycles. The van der Waals surface area contributed by atoms with Crippen molar-refractivity contribution in [2.24, 2.45) is 12.5 Å².